The lowest BCUT2D eigenvalue weighted by atomic mass is 9.99. The van der Waals surface area contributed by atoms with Gasteiger partial charge in [-0.2, -0.15) is 4.31 Å². The fraction of sp³-hybridized carbons (Fsp3) is 0.696. The van der Waals surface area contributed by atoms with Crippen LogP contribution in [0.2, 0.25) is 0 Å². The third-order valence-electron chi connectivity index (χ3n) is 6.96. The molecule has 2 aliphatic rings. The van der Waals surface area contributed by atoms with Crippen LogP contribution in [0, 0.1) is 5.92 Å². The Balaban J connectivity index is 1.34. The molecule has 1 N–H and O–H groups in total. The molecule has 2 aromatic rings. The number of piperazine rings is 1. The Hall–Kier alpha value is -2.08. The molecule has 2 aliphatic heterocycles. The summed E-state index contributed by atoms with van der Waals surface area (Å²) in [6.07, 6.45) is 1.37. The molecule has 0 saturated carbocycles. The van der Waals surface area contributed by atoms with Crippen molar-refractivity contribution in [2.75, 3.05) is 58.9 Å². The number of benzene rings is 1. The van der Waals surface area contributed by atoms with Crippen LogP contribution in [-0.2, 0) is 14.8 Å². The van der Waals surface area contributed by atoms with Gasteiger partial charge in [0.2, 0.25) is 15.9 Å². The van der Waals surface area contributed by atoms with Crippen molar-refractivity contribution in [3.05, 3.63) is 18.2 Å². The summed E-state index contributed by atoms with van der Waals surface area (Å²) < 4.78 is 29.9. The first-order chi connectivity index (χ1) is 16.3. The summed E-state index contributed by atoms with van der Waals surface area (Å²) in [6.45, 7) is 13.5. The fourth-order valence-electron chi connectivity index (χ4n) is 4.80. The van der Waals surface area contributed by atoms with E-state index in [9.17, 15) is 13.2 Å². The van der Waals surface area contributed by atoms with Crippen molar-refractivity contribution in [2.24, 2.45) is 5.92 Å². The second kappa shape index (κ2) is 10.7. The maximum absolute atomic E-state index is 13.3. The maximum Gasteiger partial charge on any atom is 0.243 e. The zero-order chi connectivity index (χ0) is 24.3. The van der Waals surface area contributed by atoms with E-state index in [4.69, 9.17) is 0 Å². The fourth-order valence-corrected chi connectivity index (χ4v) is 6.34. The van der Waals surface area contributed by atoms with E-state index in [1.807, 2.05) is 13.8 Å². The number of hydrogen-bond acceptors (Lipinski definition) is 7. The van der Waals surface area contributed by atoms with Crippen LogP contribution >= 0.6 is 0 Å². The number of hydrogen-bond donors (Lipinski definition) is 1. The van der Waals surface area contributed by atoms with Gasteiger partial charge < -0.3 is 10.2 Å². The summed E-state index contributed by atoms with van der Waals surface area (Å²) in [5.41, 5.74) is 1.36. The largest absolute Gasteiger partial charge is 0.355 e. The molecule has 3 heterocycles. The normalized spacial score (nSPS) is 21.4. The van der Waals surface area contributed by atoms with Crippen molar-refractivity contribution >= 4 is 27.0 Å². The number of sulfonamides is 1. The summed E-state index contributed by atoms with van der Waals surface area (Å²) in [6, 6.07) is 5.09. The molecule has 2 saturated heterocycles. The standard InChI is InChI=1S/C23H37N7O3S/c1-4-27-12-14-28(15-13-27)11-9-24-23(31)19-6-5-10-29(17-19)34(32,33)20-7-8-22-21(16-20)25-26-30(22)18(2)3/h7-8,16,18-19H,4-6,9-15,17H2,1-3H3,(H,24,31)/t19-/m0/s1. The van der Waals surface area contributed by atoms with E-state index in [-0.39, 0.29) is 29.3 Å². The Kier molecular flexibility index (Phi) is 7.86. The molecule has 1 aromatic carbocycles. The van der Waals surface area contributed by atoms with Crippen molar-refractivity contribution in [3.63, 3.8) is 0 Å². The number of amides is 1. The molecule has 0 spiro atoms. The van der Waals surface area contributed by atoms with Gasteiger partial charge in [0, 0.05) is 58.4 Å². The summed E-state index contributed by atoms with van der Waals surface area (Å²) in [7, 11) is -3.71. The van der Waals surface area contributed by atoms with E-state index in [2.05, 4.69) is 32.4 Å². The summed E-state index contributed by atoms with van der Waals surface area (Å²) in [5.74, 6) is -0.381. The maximum atomic E-state index is 13.3. The van der Waals surface area contributed by atoms with Crippen LogP contribution in [-0.4, -0.2) is 102 Å². The summed E-state index contributed by atoms with van der Waals surface area (Å²) >= 11 is 0. The second-order valence-corrected chi connectivity index (χ2v) is 11.5. The van der Waals surface area contributed by atoms with Crippen LogP contribution in [0.4, 0.5) is 0 Å². The quantitative estimate of drug-likeness (QED) is 0.591. The van der Waals surface area contributed by atoms with Crippen molar-refractivity contribution in [3.8, 4) is 0 Å². The predicted octanol–water partition coefficient (Wildman–Crippen LogP) is 1.17. The zero-order valence-corrected chi connectivity index (χ0v) is 21.3. The number of rotatable bonds is 8. The molecule has 0 bridgehead atoms. The van der Waals surface area contributed by atoms with E-state index in [1.165, 1.54) is 4.31 Å². The summed E-state index contributed by atoms with van der Waals surface area (Å²) in [4.78, 5) is 17.8. The Morgan fingerprint density at radius 3 is 2.59 bits per heavy atom. The Morgan fingerprint density at radius 1 is 1.15 bits per heavy atom. The molecule has 4 rings (SSSR count). The van der Waals surface area contributed by atoms with Gasteiger partial charge in [-0.05, 0) is 51.4 Å². The average molecular weight is 492 g/mol. The Morgan fingerprint density at radius 2 is 1.88 bits per heavy atom. The summed E-state index contributed by atoms with van der Waals surface area (Å²) in [5, 5.41) is 11.3. The number of carbonyl (C=O) groups excluding carboxylic acids is 1. The molecule has 34 heavy (non-hydrogen) atoms. The van der Waals surface area contributed by atoms with Gasteiger partial charge in [0.05, 0.1) is 16.3 Å². The SMILES string of the molecule is CCN1CCN(CCNC(=O)[C@H]2CCCN(S(=O)(=O)c3ccc4c(c3)nnn4C(C)C)C2)CC1. The highest BCUT2D eigenvalue weighted by atomic mass is 32.2. The van der Waals surface area contributed by atoms with E-state index in [0.717, 1.165) is 44.8 Å². The molecule has 11 heteroatoms. The minimum absolute atomic E-state index is 0.0533. The molecule has 1 atom stereocenters. The van der Waals surface area contributed by atoms with Crippen LogP contribution < -0.4 is 5.32 Å². The van der Waals surface area contributed by atoms with Gasteiger partial charge >= 0.3 is 0 Å². The molecule has 2 fully saturated rings. The van der Waals surface area contributed by atoms with Gasteiger partial charge in [0.25, 0.3) is 0 Å². The van der Waals surface area contributed by atoms with Gasteiger partial charge in [0.15, 0.2) is 0 Å². The zero-order valence-electron chi connectivity index (χ0n) is 20.5. The number of fused-ring (bicyclic) bond motifs is 1. The number of piperidine rings is 1. The topological polar surface area (TPSA) is 104 Å². The van der Waals surface area contributed by atoms with Gasteiger partial charge in [-0.3, -0.25) is 9.69 Å². The van der Waals surface area contributed by atoms with Crippen molar-refractivity contribution in [1.29, 1.82) is 0 Å². The third-order valence-corrected chi connectivity index (χ3v) is 8.82. The predicted molar refractivity (Wildman–Crippen MR) is 131 cm³/mol. The van der Waals surface area contributed by atoms with E-state index in [0.29, 0.717) is 31.4 Å². The number of nitrogens with zero attached hydrogens (tertiary/aromatic N) is 6. The van der Waals surface area contributed by atoms with Crippen molar-refractivity contribution in [1.82, 2.24) is 34.4 Å². The number of carbonyl (C=O) groups is 1. The number of likely N-dealkylation sites (N-methyl/N-ethyl adjacent to an activating group) is 1. The van der Waals surface area contributed by atoms with Crippen LogP contribution in [0.25, 0.3) is 11.0 Å². The Bertz CT molecular complexity index is 1090. The molecule has 0 aliphatic carbocycles. The highest BCUT2D eigenvalue weighted by molar-refractivity contribution is 7.89. The van der Waals surface area contributed by atoms with Crippen LogP contribution in [0.3, 0.4) is 0 Å². The molecular weight excluding hydrogens is 454 g/mol. The Labute approximate surface area is 202 Å². The highest BCUT2D eigenvalue weighted by Gasteiger charge is 2.33. The molecule has 188 valence electrons. The monoisotopic (exact) mass is 491 g/mol. The van der Waals surface area contributed by atoms with E-state index >= 15 is 0 Å². The lowest BCUT2D eigenvalue weighted by Crippen LogP contribution is -2.49. The number of aromatic nitrogens is 3. The molecule has 0 unspecified atom stereocenters. The molecular formula is C23H37N7O3S. The van der Waals surface area contributed by atoms with Gasteiger partial charge in [-0.15, -0.1) is 5.10 Å². The first kappa shape index (κ1) is 25.0. The minimum atomic E-state index is -3.71. The molecule has 0 radical (unpaired) electrons. The minimum Gasteiger partial charge on any atom is -0.355 e. The van der Waals surface area contributed by atoms with Gasteiger partial charge in [0.1, 0.15) is 5.52 Å². The first-order valence-corrected chi connectivity index (χ1v) is 13.8. The van der Waals surface area contributed by atoms with Crippen LogP contribution in [0.5, 0.6) is 0 Å². The van der Waals surface area contributed by atoms with Crippen LogP contribution in [0.1, 0.15) is 39.7 Å². The lowest BCUT2D eigenvalue weighted by Gasteiger charge is -2.34. The number of nitrogens with one attached hydrogen (secondary N) is 1. The van der Waals surface area contributed by atoms with Gasteiger partial charge in [-0.1, -0.05) is 12.1 Å². The van der Waals surface area contributed by atoms with E-state index in [1.54, 1.807) is 22.9 Å². The first-order valence-electron chi connectivity index (χ1n) is 12.4. The van der Waals surface area contributed by atoms with Crippen molar-refractivity contribution < 1.29 is 13.2 Å². The van der Waals surface area contributed by atoms with Crippen LogP contribution in [0.15, 0.2) is 23.1 Å². The molecule has 1 amide bonds. The van der Waals surface area contributed by atoms with E-state index < -0.39 is 10.0 Å². The van der Waals surface area contributed by atoms with Crippen molar-refractivity contribution in [2.45, 2.75) is 44.6 Å². The second-order valence-electron chi connectivity index (χ2n) is 9.55. The lowest BCUT2D eigenvalue weighted by molar-refractivity contribution is -0.126. The highest BCUT2D eigenvalue weighted by Crippen LogP contribution is 2.26. The third kappa shape index (κ3) is 5.42. The smallest absolute Gasteiger partial charge is 0.243 e. The molecule has 10 nitrogen and oxygen atoms in total. The van der Waals surface area contributed by atoms with Gasteiger partial charge in [-0.25, -0.2) is 13.1 Å². The molecule has 1 aromatic heterocycles. The average Bonchev–Trinajstić information content (AvgIpc) is 3.28.